The van der Waals surface area contributed by atoms with Gasteiger partial charge in [-0.15, -0.1) is 0 Å². The molecule has 2 aliphatic rings. The van der Waals surface area contributed by atoms with Gasteiger partial charge in [-0.3, -0.25) is 0 Å². The quantitative estimate of drug-likeness (QED) is 0.656. The number of methoxy groups -OCH3 is 1. The lowest BCUT2D eigenvalue weighted by molar-refractivity contribution is 0.0600. The van der Waals surface area contributed by atoms with E-state index in [9.17, 15) is 9.18 Å². The molecule has 1 N–H and O–H groups in total. The molecule has 122 valence electrons. The number of fused-ring (bicyclic) bond motifs is 3. The Morgan fingerprint density at radius 1 is 1.21 bits per heavy atom. The molecule has 2 aromatic carbocycles. The molecule has 0 saturated heterocycles. The van der Waals surface area contributed by atoms with E-state index in [1.807, 2.05) is 24.3 Å². The van der Waals surface area contributed by atoms with Crippen LogP contribution in [0.2, 0.25) is 0 Å². The van der Waals surface area contributed by atoms with Crippen molar-refractivity contribution in [3.8, 4) is 0 Å². The lowest BCUT2D eigenvalue weighted by atomic mass is 9.76. The number of halogens is 1. The molecule has 0 fully saturated rings. The third kappa shape index (κ3) is 2.30. The second kappa shape index (κ2) is 5.78. The van der Waals surface area contributed by atoms with E-state index in [-0.39, 0.29) is 29.7 Å². The predicted molar refractivity (Wildman–Crippen MR) is 90.5 cm³/mol. The number of anilines is 1. The van der Waals surface area contributed by atoms with Crippen LogP contribution in [0.1, 0.15) is 39.9 Å². The van der Waals surface area contributed by atoms with Gasteiger partial charge in [-0.05, 0) is 42.2 Å². The van der Waals surface area contributed by atoms with Crippen LogP contribution < -0.4 is 5.32 Å². The molecule has 0 radical (unpaired) electrons. The van der Waals surface area contributed by atoms with Gasteiger partial charge in [0.25, 0.3) is 0 Å². The van der Waals surface area contributed by atoms with Crippen molar-refractivity contribution in [3.63, 3.8) is 0 Å². The van der Waals surface area contributed by atoms with Crippen LogP contribution >= 0.6 is 0 Å². The fourth-order valence-electron chi connectivity index (χ4n) is 3.87. The summed E-state index contributed by atoms with van der Waals surface area (Å²) in [6, 6.07) is 12.4. The molecule has 3 atom stereocenters. The summed E-state index contributed by atoms with van der Waals surface area (Å²) in [5.74, 6) is -0.111. The number of carbonyl (C=O) groups excluding carboxylic acids is 1. The van der Waals surface area contributed by atoms with E-state index in [2.05, 4.69) is 17.5 Å². The van der Waals surface area contributed by atoms with Crippen molar-refractivity contribution in [3.05, 3.63) is 77.1 Å². The molecular weight excluding hydrogens is 305 g/mol. The average molecular weight is 323 g/mol. The number of nitrogens with one attached hydrogen (secondary N) is 1. The molecule has 24 heavy (non-hydrogen) atoms. The number of allylic oxidation sites excluding steroid dienone is 2. The van der Waals surface area contributed by atoms with Crippen LogP contribution in [0.3, 0.4) is 0 Å². The van der Waals surface area contributed by atoms with Gasteiger partial charge in [0.1, 0.15) is 5.82 Å². The highest BCUT2D eigenvalue weighted by atomic mass is 19.1. The van der Waals surface area contributed by atoms with Crippen molar-refractivity contribution in [1.29, 1.82) is 0 Å². The van der Waals surface area contributed by atoms with Crippen LogP contribution in [-0.4, -0.2) is 13.1 Å². The third-order valence-corrected chi connectivity index (χ3v) is 5.02. The Kier molecular flexibility index (Phi) is 3.60. The minimum Gasteiger partial charge on any atom is -0.465 e. The first-order valence-electron chi connectivity index (χ1n) is 8.09. The van der Waals surface area contributed by atoms with Crippen molar-refractivity contribution in [2.75, 3.05) is 12.4 Å². The zero-order valence-electron chi connectivity index (χ0n) is 13.3. The molecule has 0 spiro atoms. The Hall–Kier alpha value is -2.62. The number of rotatable bonds is 2. The highest BCUT2D eigenvalue weighted by Crippen LogP contribution is 2.50. The fourth-order valence-corrected chi connectivity index (χ4v) is 3.87. The molecule has 0 bridgehead atoms. The molecule has 1 aliphatic heterocycles. The maximum atomic E-state index is 14.3. The molecule has 0 unspecified atom stereocenters. The second-order valence-electron chi connectivity index (χ2n) is 6.29. The fraction of sp³-hybridized carbons (Fsp3) is 0.250. The largest absolute Gasteiger partial charge is 0.465 e. The molecular formula is C20H18FNO2. The molecule has 1 aliphatic carbocycles. The lowest BCUT2D eigenvalue weighted by Crippen LogP contribution is -2.30. The zero-order valence-corrected chi connectivity index (χ0v) is 13.3. The zero-order chi connectivity index (χ0) is 16.7. The molecule has 3 nitrogen and oxygen atoms in total. The standard InChI is InChI=1S/C20H18FNO2/c1-24-20(23)12-9-10-18-16(11-12)13-6-4-7-14(13)19(22-18)15-5-2-3-8-17(15)21/h2-6,8-11,13-14,19,22H,7H2,1H3/t13-,14-,19-/m1/s1. The Bertz CT molecular complexity index is 830. The normalized spacial score (nSPS) is 24.0. The third-order valence-electron chi connectivity index (χ3n) is 5.02. The Morgan fingerprint density at radius 2 is 2.04 bits per heavy atom. The van der Waals surface area contributed by atoms with Crippen LogP contribution in [0.5, 0.6) is 0 Å². The molecule has 0 saturated carbocycles. The van der Waals surface area contributed by atoms with Gasteiger partial charge in [0.05, 0.1) is 18.7 Å². The van der Waals surface area contributed by atoms with E-state index < -0.39 is 0 Å². The molecule has 2 aromatic rings. The number of benzene rings is 2. The van der Waals surface area contributed by atoms with Gasteiger partial charge in [0.15, 0.2) is 0 Å². The van der Waals surface area contributed by atoms with Gasteiger partial charge in [-0.25, -0.2) is 9.18 Å². The first-order valence-corrected chi connectivity index (χ1v) is 8.09. The topological polar surface area (TPSA) is 38.3 Å². The SMILES string of the molecule is COC(=O)c1ccc2c(c1)[C@@H]1C=CC[C@H]1[C@H](c1ccccc1F)N2. The van der Waals surface area contributed by atoms with E-state index in [0.717, 1.165) is 17.7 Å². The van der Waals surface area contributed by atoms with Crippen LogP contribution in [0, 0.1) is 11.7 Å². The lowest BCUT2D eigenvalue weighted by Gasteiger charge is -2.37. The summed E-state index contributed by atoms with van der Waals surface area (Å²) in [4.78, 5) is 11.8. The highest BCUT2D eigenvalue weighted by Gasteiger charge is 2.39. The average Bonchev–Trinajstić information content (AvgIpc) is 3.10. The van der Waals surface area contributed by atoms with Crippen LogP contribution in [0.25, 0.3) is 0 Å². The number of esters is 1. The van der Waals surface area contributed by atoms with Crippen molar-refractivity contribution in [2.45, 2.75) is 18.4 Å². The summed E-state index contributed by atoms with van der Waals surface area (Å²) in [6.07, 6.45) is 5.20. The van der Waals surface area contributed by atoms with Crippen molar-refractivity contribution in [1.82, 2.24) is 0 Å². The van der Waals surface area contributed by atoms with Gasteiger partial charge in [-0.1, -0.05) is 30.4 Å². The highest BCUT2D eigenvalue weighted by molar-refractivity contribution is 5.90. The van der Waals surface area contributed by atoms with Gasteiger partial charge in [0, 0.05) is 17.2 Å². The van der Waals surface area contributed by atoms with Crippen LogP contribution in [0.4, 0.5) is 10.1 Å². The molecule has 0 amide bonds. The summed E-state index contributed by atoms with van der Waals surface area (Å²) in [6.45, 7) is 0. The van der Waals surface area contributed by atoms with E-state index in [1.54, 1.807) is 12.1 Å². The van der Waals surface area contributed by atoms with Gasteiger partial charge < -0.3 is 10.1 Å². The van der Waals surface area contributed by atoms with E-state index in [0.29, 0.717) is 11.1 Å². The van der Waals surface area contributed by atoms with E-state index >= 15 is 0 Å². The van der Waals surface area contributed by atoms with Gasteiger partial charge >= 0.3 is 5.97 Å². The Balaban J connectivity index is 1.78. The summed E-state index contributed by atoms with van der Waals surface area (Å²) >= 11 is 0. The summed E-state index contributed by atoms with van der Waals surface area (Å²) in [5, 5.41) is 3.48. The first-order chi connectivity index (χ1) is 11.7. The molecule has 0 aromatic heterocycles. The molecule has 4 heteroatoms. The first kappa shape index (κ1) is 14.9. The summed E-state index contributed by atoms with van der Waals surface area (Å²) < 4.78 is 19.1. The minimum absolute atomic E-state index is 0.0809. The second-order valence-corrected chi connectivity index (χ2v) is 6.29. The maximum Gasteiger partial charge on any atom is 0.337 e. The van der Waals surface area contributed by atoms with Crippen LogP contribution in [-0.2, 0) is 4.74 Å². The van der Waals surface area contributed by atoms with Gasteiger partial charge in [0.2, 0.25) is 0 Å². The van der Waals surface area contributed by atoms with E-state index in [1.165, 1.54) is 13.2 Å². The summed E-state index contributed by atoms with van der Waals surface area (Å²) in [7, 11) is 1.38. The minimum atomic E-state index is -0.340. The number of carbonyl (C=O) groups is 1. The number of hydrogen-bond acceptors (Lipinski definition) is 3. The van der Waals surface area contributed by atoms with Crippen molar-refractivity contribution in [2.24, 2.45) is 5.92 Å². The van der Waals surface area contributed by atoms with E-state index in [4.69, 9.17) is 4.74 Å². The maximum absolute atomic E-state index is 14.3. The monoisotopic (exact) mass is 323 g/mol. The summed E-state index contributed by atoms with van der Waals surface area (Å²) in [5.41, 5.74) is 3.26. The van der Waals surface area contributed by atoms with Gasteiger partial charge in [-0.2, -0.15) is 0 Å². The number of hydrogen-bond donors (Lipinski definition) is 1. The molecule has 4 rings (SSSR count). The predicted octanol–water partition coefficient (Wildman–Crippen LogP) is 4.44. The van der Waals surface area contributed by atoms with Crippen molar-refractivity contribution >= 4 is 11.7 Å². The van der Waals surface area contributed by atoms with Crippen molar-refractivity contribution < 1.29 is 13.9 Å². The Morgan fingerprint density at radius 3 is 2.83 bits per heavy atom. The van der Waals surface area contributed by atoms with Crippen LogP contribution in [0.15, 0.2) is 54.6 Å². The Labute approximate surface area is 140 Å². The smallest absolute Gasteiger partial charge is 0.337 e. The number of ether oxygens (including phenoxy) is 1. The molecule has 1 heterocycles.